The molecule has 0 aromatic heterocycles. The van der Waals surface area contributed by atoms with Gasteiger partial charge in [0.25, 0.3) is 0 Å². The zero-order chi connectivity index (χ0) is 10.8. The summed E-state index contributed by atoms with van der Waals surface area (Å²) >= 11 is 2.41. The van der Waals surface area contributed by atoms with E-state index in [-0.39, 0.29) is 6.10 Å². The summed E-state index contributed by atoms with van der Waals surface area (Å²) in [6, 6.07) is 0. The van der Waals surface area contributed by atoms with Crippen LogP contribution in [0.25, 0.3) is 0 Å². The zero-order valence-electron chi connectivity index (χ0n) is 9.64. The summed E-state index contributed by atoms with van der Waals surface area (Å²) in [5.41, 5.74) is 0. The first-order valence-electron chi connectivity index (χ1n) is 6.04. The van der Waals surface area contributed by atoms with Gasteiger partial charge in [-0.2, -0.15) is 0 Å². The Bertz CT molecular complexity index is 103. The van der Waals surface area contributed by atoms with Crippen molar-refractivity contribution in [2.75, 3.05) is 0 Å². The highest BCUT2D eigenvalue weighted by atomic mass is 127. The van der Waals surface area contributed by atoms with Gasteiger partial charge in [0.2, 0.25) is 0 Å². The summed E-state index contributed by atoms with van der Waals surface area (Å²) in [5.74, 6) is 0. The number of unbranched alkanes of at least 4 members (excludes halogenated alkanes) is 4. The molecule has 1 nitrogen and oxygen atoms in total. The van der Waals surface area contributed by atoms with E-state index in [4.69, 9.17) is 0 Å². The molecule has 0 rings (SSSR count). The van der Waals surface area contributed by atoms with Crippen LogP contribution >= 0.6 is 22.6 Å². The maximum Gasteiger partial charge on any atom is 0.0657 e. The quantitative estimate of drug-likeness (QED) is 0.382. The monoisotopic (exact) mass is 312 g/mol. The van der Waals surface area contributed by atoms with Crippen LogP contribution in [0.5, 0.6) is 0 Å². The smallest absolute Gasteiger partial charge is 0.0657 e. The van der Waals surface area contributed by atoms with Crippen LogP contribution in [0.1, 0.15) is 65.2 Å². The van der Waals surface area contributed by atoms with Crippen LogP contribution in [0, 0.1) is 0 Å². The number of halogens is 1. The van der Waals surface area contributed by atoms with E-state index in [1.807, 2.05) is 0 Å². The van der Waals surface area contributed by atoms with Gasteiger partial charge in [-0.3, -0.25) is 0 Å². The Morgan fingerprint density at radius 3 is 1.93 bits per heavy atom. The van der Waals surface area contributed by atoms with E-state index in [0.717, 1.165) is 6.42 Å². The third-order valence-electron chi connectivity index (χ3n) is 2.60. The Labute approximate surface area is 103 Å². The number of hydrogen-bond donors (Lipinski definition) is 1. The van der Waals surface area contributed by atoms with Crippen molar-refractivity contribution < 1.29 is 5.11 Å². The van der Waals surface area contributed by atoms with E-state index in [2.05, 4.69) is 36.4 Å². The molecular weight excluding hydrogens is 287 g/mol. The standard InChI is InChI=1S/C12H25IO/c1-3-5-7-9-11(13)12(14)10-8-6-4-2/h11-12,14H,3-10H2,1-2H3/t11-,12+/m0/s1. The van der Waals surface area contributed by atoms with Crippen LogP contribution in [0.3, 0.4) is 0 Å². The molecule has 86 valence electrons. The fourth-order valence-corrected chi connectivity index (χ4v) is 2.37. The topological polar surface area (TPSA) is 20.2 Å². The third-order valence-corrected chi connectivity index (χ3v) is 4.06. The van der Waals surface area contributed by atoms with E-state index in [1.165, 1.54) is 44.9 Å². The van der Waals surface area contributed by atoms with Gasteiger partial charge in [-0.15, -0.1) is 0 Å². The van der Waals surface area contributed by atoms with E-state index < -0.39 is 0 Å². The van der Waals surface area contributed by atoms with Crippen LogP contribution < -0.4 is 0 Å². The van der Waals surface area contributed by atoms with Gasteiger partial charge in [0.15, 0.2) is 0 Å². The van der Waals surface area contributed by atoms with Crippen molar-refractivity contribution in [1.29, 1.82) is 0 Å². The lowest BCUT2D eigenvalue weighted by atomic mass is 10.0. The molecule has 2 heteroatoms. The molecule has 0 heterocycles. The van der Waals surface area contributed by atoms with E-state index in [9.17, 15) is 5.11 Å². The lowest BCUT2D eigenvalue weighted by Crippen LogP contribution is -2.19. The van der Waals surface area contributed by atoms with E-state index >= 15 is 0 Å². The summed E-state index contributed by atoms with van der Waals surface area (Å²) in [4.78, 5) is 0. The molecule has 0 radical (unpaired) electrons. The molecule has 1 N–H and O–H groups in total. The summed E-state index contributed by atoms with van der Waals surface area (Å²) in [6.07, 6.45) is 9.65. The fraction of sp³-hybridized carbons (Fsp3) is 1.00. The van der Waals surface area contributed by atoms with Crippen LogP contribution in [0.15, 0.2) is 0 Å². The van der Waals surface area contributed by atoms with Gasteiger partial charge in [0.1, 0.15) is 0 Å². The molecule has 0 spiro atoms. The van der Waals surface area contributed by atoms with Crippen LogP contribution in [0.2, 0.25) is 0 Å². The van der Waals surface area contributed by atoms with Gasteiger partial charge in [0, 0.05) is 3.92 Å². The molecule has 0 aromatic rings. The van der Waals surface area contributed by atoms with E-state index in [1.54, 1.807) is 0 Å². The maximum atomic E-state index is 9.84. The molecule has 0 saturated carbocycles. The Morgan fingerprint density at radius 1 is 0.929 bits per heavy atom. The van der Waals surface area contributed by atoms with Crippen molar-refractivity contribution in [2.24, 2.45) is 0 Å². The third kappa shape index (κ3) is 8.04. The van der Waals surface area contributed by atoms with Gasteiger partial charge >= 0.3 is 0 Å². The van der Waals surface area contributed by atoms with Crippen LogP contribution in [0.4, 0.5) is 0 Å². The van der Waals surface area contributed by atoms with Crippen molar-refractivity contribution in [3.05, 3.63) is 0 Å². The summed E-state index contributed by atoms with van der Waals surface area (Å²) in [5, 5.41) is 9.84. The normalized spacial score (nSPS) is 15.4. The zero-order valence-corrected chi connectivity index (χ0v) is 11.8. The number of aliphatic hydroxyl groups is 1. The largest absolute Gasteiger partial charge is 0.392 e. The Hall–Kier alpha value is 0.690. The number of aliphatic hydroxyl groups excluding tert-OH is 1. The minimum atomic E-state index is -0.0704. The molecule has 0 aliphatic carbocycles. The number of alkyl halides is 1. The molecular formula is C12H25IO. The number of hydrogen-bond acceptors (Lipinski definition) is 1. The molecule has 0 amide bonds. The molecule has 0 aliphatic heterocycles. The predicted octanol–water partition coefficient (Wildman–Crippen LogP) is 4.31. The highest BCUT2D eigenvalue weighted by Crippen LogP contribution is 2.19. The van der Waals surface area contributed by atoms with Gasteiger partial charge in [-0.05, 0) is 12.8 Å². The minimum absolute atomic E-state index is 0.0704. The predicted molar refractivity (Wildman–Crippen MR) is 72.1 cm³/mol. The minimum Gasteiger partial charge on any atom is -0.392 e. The van der Waals surface area contributed by atoms with Gasteiger partial charge in [0.05, 0.1) is 6.10 Å². The highest BCUT2D eigenvalue weighted by molar-refractivity contribution is 14.1. The average molecular weight is 312 g/mol. The second-order valence-corrected chi connectivity index (χ2v) is 5.67. The fourth-order valence-electron chi connectivity index (χ4n) is 1.57. The molecule has 0 fully saturated rings. The average Bonchev–Trinajstić information content (AvgIpc) is 2.18. The van der Waals surface area contributed by atoms with Gasteiger partial charge < -0.3 is 5.11 Å². The van der Waals surface area contributed by atoms with Gasteiger partial charge in [-0.25, -0.2) is 0 Å². The lowest BCUT2D eigenvalue weighted by Gasteiger charge is -2.16. The van der Waals surface area contributed by atoms with Crippen molar-refractivity contribution in [3.8, 4) is 0 Å². The molecule has 14 heavy (non-hydrogen) atoms. The Morgan fingerprint density at radius 2 is 1.43 bits per heavy atom. The highest BCUT2D eigenvalue weighted by Gasteiger charge is 2.14. The van der Waals surface area contributed by atoms with Crippen LogP contribution in [-0.4, -0.2) is 15.1 Å². The van der Waals surface area contributed by atoms with Crippen LogP contribution in [-0.2, 0) is 0 Å². The Balaban J connectivity index is 3.39. The van der Waals surface area contributed by atoms with E-state index in [0.29, 0.717) is 3.92 Å². The summed E-state index contributed by atoms with van der Waals surface area (Å²) in [6.45, 7) is 4.43. The molecule has 0 aliphatic rings. The SMILES string of the molecule is CCCCC[C@@H](O)[C@@H](I)CCCCC. The second-order valence-electron chi connectivity index (χ2n) is 4.07. The van der Waals surface area contributed by atoms with Crippen molar-refractivity contribution in [2.45, 2.75) is 75.2 Å². The van der Waals surface area contributed by atoms with Crippen molar-refractivity contribution >= 4 is 22.6 Å². The molecule has 0 aromatic carbocycles. The summed E-state index contributed by atoms with van der Waals surface area (Å²) < 4.78 is 0.469. The van der Waals surface area contributed by atoms with Crippen molar-refractivity contribution in [1.82, 2.24) is 0 Å². The first-order valence-corrected chi connectivity index (χ1v) is 7.29. The lowest BCUT2D eigenvalue weighted by molar-refractivity contribution is 0.158. The molecule has 2 atom stereocenters. The first-order chi connectivity index (χ1) is 6.72. The van der Waals surface area contributed by atoms with Crippen molar-refractivity contribution in [3.63, 3.8) is 0 Å². The first kappa shape index (κ1) is 14.7. The second kappa shape index (κ2) is 10.2. The molecule has 0 bridgehead atoms. The summed E-state index contributed by atoms with van der Waals surface area (Å²) in [7, 11) is 0. The number of rotatable bonds is 9. The Kier molecular flexibility index (Phi) is 10.7. The maximum absolute atomic E-state index is 9.84. The molecule has 0 saturated heterocycles. The molecule has 0 unspecified atom stereocenters. The van der Waals surface area contributed by atoms with Gasteiger partial charge in [-0.1, -0.05) is 75.0 Å².